The van der Waals surface area contributed by atoms with Crippen LogP contribution < -0.4 is 15.4 Å². The lowest BCUT2D eigenvalue weighted by Gasteiger charge is -2.13. The van der Waals surface area contributed by atoms with E-state index in [9.17, 15) is 13.2 Å². The van der Waals surface area contributed by atoms with Crippen LogP contribution in [0.25, 0.3) is 5.65 Å². The summed E-state index contributed by atoms with van der Waals surface area (Å²) in [6.07, 6.45) is -2.53. The maximum absolute atomic E-state index is 12.4. The van der Waals surface area contributed by atoms with Gasteiger partial charge in [0.25, 0.3) is 0 Å². The maximum atomic E-state index is 12.4. The molecule has 154 valence electrons. The van der Waals surface area contributed by atoms with E-state index < -0.39 is 12.8 Å². The van der Waals surface area contributed by atoms with Gasteiger partial charge in [-0.25, -0.2) is 4.99 Å². The average molecular weight is 406 g/mol. The molecule has 0 bridgehead atoms. The minimum Gasteiger partial charge on any atom is -0.484 e. The first kappa shape index (κ1) is 20.4. The molecule has 0 fully saturated rings. The first-order valence-corrected chi connectivity index (χ1v) is 9.04. The van der Waals surface area contributed by atoms with E-state index in [0.717, 1.165) is 5.65 Å². The molecule has 0 saturated carbocycles. The molecule has 29 heavy (non-hydrogen) atoms. The summed E-state index contributed by atoms with van der Waals surface area (Å²) < 4.78 is 44.1. The minimum absolute atomic E-state index is 0.157. The minimum atomic E-state index is -4.39. The molecule has 0 aliphatic rings. The summed E-state index contributed by atoms with van der Waals surface area (Å²) >= 11 is 0. The molecule has 7 nitrogen and oxygen atoms in total. The molecule has 10 heteroatoms. The fourth-order valence-electron chi connectivity index (χ4n) is 2.62. The summed E-state index contributed by atoms with van der Waals surface area (Å²) in [4.78, 5) is 4.44. The number of rotatable bonds is 7. The Bertz CT molecular complexity index is 970. The number of aliphatic imine (C=N–C) groups is 1. The smallest absolute Gasteiger partial charge is 0.422 e. The van der Waals surface area contributed by atoms with Gasteiger partial charge in [-0.2, -0.15) is 13.2 Å². The molecule has 0 spiro atoms. The number of alkyl halides is 3. The molecule has 3 rings (SSSR count). The second-order valence-corrected chi connectivity index (χ2v) is 6.11. The van der Waals surface area contributed by atoms with Crippen molar-refractivity contribution in [3.63, 3.8) is 0 Å². The lowest BCUT2D eigenvalue weighted by molar-refractivity contribution is -0.153. The number of para-hydroxylation sites is 1. The van der Waals surface area contributed by atoms with Gasteiger partial charge in [0.15, 0.2) is 24.0 Å². The van der Waals surface area contributed by atoms with Gasteiger partial charge in [-0.05, 0) is 25.1 Å². The molecule has 2 aromatic heterocycles. The fraction of sp³-hybridized carbons (Fsp3) is 0.316. The predicted octanol–water partition coefficient (Wildman–Crippen LogP) is 2.93. The Balaban J connectivity index is 1.68. The molecular formula is C19H21F3N6O. The van der Waals surface area contributed by atoms with Crippen molar-refractivity contribution < 1.29 is 17.9 Å². The highest BCUT2D eigenvalue weighted by atomic mass is 19.4. The Morgan fingerprint density at radius 1 is 1.10 bits per heavy atom. The Kier molecular flexibility index (Phi) is 6.53. The standard InChI is InChI=1S/C19H21F3N6O/c1-2-23-18(25-12-17-27-26-16-9-5-6-10-28(16)17)24-11-14-7-3-4-8-15(14)29-13-19(20,21)22/h3-10H,2,11-13H2,1H3,(H2,23,24,25). The van der Waals surface area contributed by atoms with Crippen LogP contribution in [0, 0.1) is 0 Å². The van der Waals surface area contributed by atoms with Crippen molar-refractivity contribution in [3.8, 4) is 5.75 Å². The number of nitrogens with one attached hydrogen (secondary N) is 2. The van der Waals surface area contributed by atoms with Gasteiger partial charge >= 0.3 is 6.18 Å². The highest BCUT2D eigenvalue weighted by Gasteiger charge is 2.28. The van der Waals surface area contributed by atoms with Gasteiger partial charge in [-0.3, -0.25) is 4.40 Å². The van der Waals surface area contributed by atoms with Crippen LogP contribution >= 0.6 is 0 Å². The number of guanidine groups is 1. The van der Waals surface area contributed by atoms with Crippen molar-refractivity contribution in [2.24, 2.45) is 4.99 Å². The first-order valence-electron chi connectivity index (χ1n) is 9.04. The second kappa shape index (κ2) is 9.26. The zero-order valence-corrected chi connectivity index (χ0v) is 15.8. The lowest BCUT2D eigenvalue weighted by atomic mass is 10.2. The maximum Gasteiger partial charge on any atom is 0.422 e. The van der Waals surface area contributed by atoms with Gasteiger partial charge in [-0.15, -0.1) is 10.2 Å². The number of aromatic nitrogens is 3. The van der Waals surface area contributed by atoms with Crippen LogP contribution in [0.4, 0.5) is 13.2 Å². The van der Waals surface area contributed by atoms with Crippen LogP contribution in [-0.2, 0) is 13.1 Å². The van der Waals surface area contributed by atoms with Crippen molar-refractivity contribution in [1.29, 1.82) is 0 Å². The van der Waals surface area contributed by atoms with Crippen molar-refractivity contribution in [3.05, 3.63) is 60.0 Å². The third-order valence-corrected chi connectivity index (χ3v) is 3.91. The number of nitrogens with zero attached hydrogens (tertiary/aromatic N) is 4. The van der Waals surface area contributed by atoms with Crippen molar-refractivity contribution in [2.45, 2.75) is 26.2 Å². The molecule has 3 aromatic rings. The number of hydrogen-bond acceptors (Lipinski definition) is 4. The zero-order chi connectivity index (χ0) is 20.7. The first-order chi connectivity index (χ1) is 14.0. The highest BCUT2D eigenvalue weighted by molar-refractivity contribution is 5.79. The SMILES string of the molecule is CCNC(=NCc1ccccc1OCC(F)(F)F)NCc1nnc2ccccn12. The second-order valence-electron chi connectivity index (χ2n) is 6.11. The van der Waals surface area contributed by atoms with E-state index in [2.05, 4.69) is 25.8 Å². The average Bonchev–Trinajstić information content (AvgIpc) is 3.12. The van der Waals surface area contributed by atoms with E-state index in [1.807, 2.05) is 35.7 Å². The van der Waals surface area contributed by atoms with E-state index in [0.29, 0.717) is 30.4 Å². The van der Waals surface area contributed by atoms with Gasteiger partial charge in [-0.1, -0.05) is 24.3 Å². The number of ether oxygens (including phenoxy) is 1. The number of hydrogen-bond donors (Lipinski definition) is 2. The van der Waals surface area contributed by atoms with E-state index in [1.54, 1.807) is 18.2 Å². The largest absolute Gasteiger partial charge is 0.484 e. The van der Waals surface area contributed by atoms with E-state index in [4.69, 9.17) is 4.74 Å². The predicted molar refractivity (Wildman–Crippen MR) is 103 cm³/mol. The summed E-state index contributed by atoms with van der Waals surface area (Å²) in [6, 6.07) is 12.2. The van der Waals surface area contributed by atoms with Crippen LogP contribution in [0.1, 0.15) is 18.3 Å². The van der Waals surface area contributed by atoms with Crippen LogP contribution in [-0.4, -0.2) is 39.9 Å². The van der Waals surface area contributed by atoms with Gasteiger partial charge in [0.1, 0.15) is 5.75 Å². The molecule has 0 aliphatic carbocycles. The Hall–Kier alpha value is -3.30. The third-order valence-electron chi connectivity index (χ3n) is 3.91. The van der Waals surface area contributed by atoms with Crippen LogP contribution in [0.15, 0.2) is 53.7 Å². The van der Waals surface area contributed by atoms with Gasteiger partial charge in [0.2, 0.25) is 0 Å². The van der Waals surface area contributed by atoms with Crippen molar-refractivity contribution >= 4 is 11.6 Å². The Labute approximate surface area is 165 Å². The molecule has 0 atom stereocenters. The molecule has 0 amide bonds. The lowest BCUT2D eigenvalue weighted by Crippen LogP contribution is -2.37. The third kappa shape index (κ3) is 5.84. The number of halogens is 3. The van der Waals surface area contributed by atoms with Crippen LogP contribution in [0.3, 0.4) is 0 Å². The molecular weight excluding hydrogens is 385 g/mol. The fourth-order valence-corrected chi connectivity index (χ4v) is 2.62. The van der Waals surface area contributed by atoms with E-state index in [1.165, 1.54) is 6.07 Å². The molecule has 0 saturated heterocycles. The van der Waals surface area contributed by atoms with Crippen LogP contribution in [0.5, 0.6) is 5.75 Å². The Morgan fingerprint density at radius 2 is 1.90 bits per heavy atom. The molecule has 0 aliphatic heterocycles. The summed E-state index contributed by atoms with van der Waals surface area (Å²) in [5.41, 5.74) is 1.30. The van der Waals surface area contributed by atoms with E-state index >= 15 is 0 Å². The summed E-state index contributed by atoms with van der Waals surface area (Å²) in [7, 11) is 0. The quantitative estimate of drug-likeness (QED) is 0.466. The molecule has 2 heterocycles. The summed E-state index contributed by atoms with van der Waals surface area (Å²) in [5.74, 6) is 1.37. The van der Waals surface area contributed by atoms with Gasteiger partial charge < -0.3 is 15.4 Å². The zero-order valence-electron chi connectivity index (χ0n) is 15.8. The number of pyridine rings is 1. The van der Waals surface area contributed by atoms with Crippen molar-refractivity contribution in [1.82, 2.24) is 25.2 Å². The number of fused-ring (bicyclic) bond motifs is 1. The Morgan fingerprint density at radius 3 is 2.69 bits per heavy atom. The summed E-state index contributed by atoms with van der Waals surface area (Å²) in [5, 5.41) is 14.5. The summed E-state index contributed by atoms with van der Waals surface area (Å²) in [6.45, 7) is 1.74. The molecule has 0 unspecified atom stereocenters. The molecule has 2 N–H and O–H groups in total. The molecule has 0 radical (unpaired) electrons. The highest BCUT2D eigenvalue weighted by Crippen LogP contribution is 2.22. The van der Waals surface area contributed by atoms with Crippen molar-refractivity contribution in [2.75, 3.05) is 13.2 Å². The monoisotopic (exact) mass is 406 g/mol. The number of benzene rings is 1. The van der Waals surface area contributed by atoms with Crippen LogP contribution in [0.2, 0.25) is 0 Å². The topological polar surface area (TPSA) is 75.8 Å². The normalized spacial score (nSPS) is 12.2. The van der Waals surface area contributed by atoms with Gasteiger partial charge in [0.05, 0.1) is 13.1 Å². The van der Waals surface area contributed by atoms with Gasteiger partial charge in [0, 0.05) is 18.3 Å². The molecule has 1 aromatic carbocycles. The van der Waals surface area contributed by atoms with E-state index in [-0.39, 0.29) is 12.3 Å².